The first-order valence-electron chi connectivity index (χ1n) is 4.77. The summed E-state index contributed by atoms with van der Waals surface area (Å²) < 4.78 is 0. The molecule has 0 atom stereocenters. The van der Waals surface area contributed by atoms with Crippen molar-refractivity contribution in [2.45, 2.75) is 6.92 Å². The van der Waals surface area contributed by atoms with Crippen molar-refractivity contribution in [2.75, 3.05) is 11.9 Å². The highest BCUT2D eigenvalue weighted by atomic mass is 16.2. The molecule has 0 aliphatic carbocycles. The van der Waals surface area contributed by atoms with Crippen molar-refractivity contribution in [3.8, 4) is 0 Å². The van der Waals surface area contributed by atoms with Gasteiger partial charge in [-0.05, 0) is 19.1 Å². The Bertz CT molecular complexity index is 415. The number of nitrogens with zero attached hydrogens (tertiary/aromatic N) is 1. The molecule has 5 heteroatoms. The fourth-order valence-electron chi connectivity index (χ4n) is 1.03. The third kappa shape index (κ3) is 3.53. The van der Waals surface area contributed by atoms with E-state index in [9.17, 15) is 9.59 Å². The molecule has 1 aromatic rings. The van der Waals surface area contributed by atoms with Gasteiger partial charge in [-0.1, -0.05) is 12.1 Å². The lowest BCUT2D eigenvalue weighted by molar-refractivity contribution is -0.136. The Kier molecular flexibility index (Phi) is 4.20. The summed E-state index contributed by atoms with van der Waals surface area (Å²) in [6.07, 6.45) is 1.50. The molecule has 1 heterocycles. The van der Waals surface area contributed by atoms with E-state index in [-0.39, 0.29) is 6.54 Å². The van der Waals surface area contributed by atoms with Crippen molar-refractivity contribution in [1.82, 2.24) is 10.3 Å². The van der Waals surface area contributed by atoms with Crippen LogP contribution in [0.4, 0.5) is 5.82 Å². The smallest absolute Gasteiger partial charge is 0.314 e. The molecule has 0 fully saturated rings. The largest absolute Gasteiger partial charge is 0.344 e. The van der Waals surface area contributed by atoms with Crippen molar-refractivity contribution < 1.29 is 9.59 Å². The predicted molar refractivity (Wildman–Crippen MR) is 60.8 cm³/mol. The number of carbonyl (C=O) groups is 2. The van der Waals surface area contributed by atoms with Gasteiger partial charge in [-0.15, -0.1) is 6.58 Å². The summed E-state index contributed by atoms with van der Waals surface area (Å²) in [5.41, 5.74) is 0.768. The average Bonchev–Trinajstić information content (AvgIpc) is 2.25. The molecule has 2 amide bonds. The Morgan fingerprint density at radius 1 is 1.44 bits per heavy atom. The van der Waals surface area contributed by atoms with E-state index in [1.54, 1.807) is 25.1 Å². The molecule has 0 saturated carbocycles. The second-order valence-electron chi connectivity index (χ2n) is 3.12. The van der Waals surface area contributed by atoms with Crippen LogP contribution in [-0.2, 0) is 9.59 Å². The van der Waals surface area contributed by atoms with Gasteiger partial charge in [0.05, 0.1) is 0 Å². The number of aryl methyl sites for hydroxylation is 1. The van der Waals surface area contributed by atoms with E-state index in [1.807, 2.05) is 0 Å². The van der Waals surface area contributed by atoms with Crippen LogP contribution in [-0.4, -0.2) is 23.3 Å². The lowest BCUT2D eigenvalue weighted by Gasteiger charge is -2.04. The molecule has 5 nitrogen and oxygen atoms in total. The summed E-state index contributed by atoms with van der Waals surface area (Å²) >= 11 is 0. The summed E-state index contributed by atoms with van der Waals surface area (Å²) in [5, 5.41) is 4.77. The maximum atomic E-state index is 11.3. The first kappa shape index (κ1) is 11.9. The average molecular weight is 219 g/mol. The molecule has 0 saturated heterocycles. The topological polar surface area (TPSA) is 71.1 Å². The van der Waals surface area contributed by atoms with Crippen molar-refractivity contribution in [3.63, 3.8) is 0 Å². The molecule has 0 unspecified atom stereocenters. The molecule has 2 N–H and O–H groups in total. The second-order valence-corrected chi connectivity index (χ2v) is 3.12. The van der Waals surface area contributed by atoms with Crippen LogP contribution in [0.15, 0.2) is 30.9 Å². The number of amides is 2. The molecule has 84 valence electrons. The van der Waals surface area contributed by atoms with Gasteiger partial charge >= 0.3 is 11.8 Å². The molecular weight excluding hydrogens is 206 g/mol. The Hall–Kier alpha value is -2.17. The van der Waals surface area contributed by atoms with Crippen LogP contribution >= 0.6 is 0 Å². The standard InChI is InChI=1S/C11H13N3O2/c1-3-7-12-10(15)11(16)14-9-6-4-5-8(2)13-9/h3-6H,1,7H2,2H3,(H,12,15)(H,13,14,16). The fourth-order valence-corrected chi connectivity index (χ4v) is 1.03. The summed E-state index contributed by atoms with van der Waals surface area (Å²) in [6, 6.07) is 5.17. The summed E-state index contributed by atoms with van der Waals surface area (Å²) in [4.78, 5) is 26.6. The van der Waals surface area contributed by atoms with Crippen molar-refractivity contribution in [3.05, 3.63) is 36.5 Å². The maximum absolute atomic E-state index is 11.3. The zero-order valence-electron chi connectivity index (χ0n) is 8.99. The Balaban J connectivity index is 2.57. The second kappa shape index (κ2) is 5.65. The minimum atomic E-state index is -0.736. The lowest BCUT2D eigenvalue weighted by Crippen LogP contribution is -2.35. The van der Waals surface area contributed by atoms with Crippen LogP contribution in [0, 0.1) is 6.92 Å². The summed E-state index contributed by atoms with van der Waals surface area (Å²) in [5.74, 6) is -1.08. The fraction of sp³-hybridized carbons (Fsp3) is 0.182. The van der Waals surface area contributed by atoms with Gasteiger partial charge in [0.1, 0.15) is 5.82 Å². The van der Waals surface area contributed by atoms with E-state index < -0.39 is 11.8 Å². The number of hydrogen-bond acceptors (Lipinski definition) is 3. The Labute approximate surface area is 93.6 Å². The molecule has 0 radical (unpaired) electrons. The van der Waals surface area contributed by atoms with Gasteiger partial charge in [0, 0.05) is 12.2 Å². The lowest BCUT2D eigenvalue weighted by atomic mass is 10.3. The van der Waals surface area contributed by atoms with Gasteiger partial charge in [-0.25, -0.2) is 4.98 Å². The highest BCUT2D eigenvalue weighted by molar-refractivity contribution is 6.39. The maximum Gasteiger partial charge on any atom is 0.314 e. The molecule has 0 aliphatic rings. The van der Waals surface area contributed by atoms with Crippen LogP contribution in [0.1, 0.15) is 5.69 Å². The number of pyridine rings is 1. The van der Waals surface area contributed by atoms with E-state index in [0.717, 1.165) is 5.69 Å². The van der Waals surface area contributed by atoms with Crippen LogP contribution < -0.4 is 10.6 Å². The molecule has 1 rings (SSSR count). The molecule has 0 aliphatic heterocycles. The number of aromatic nitrogens is 1. The van der Waals surface area contributed by atoms with Gasteiger partial charge in [0.25, 0.3) is 0 Å². The van der Waals surface area contributed by atoms with E-state index in [2.05, 4.69) is 22.2 Å². The third-order valence-electron chi connectivity index (χ3n) is 1.74. The van der Waals surface area contributed by atoms with Gasteiger partial charge < -0.3 is 10.6 Å². The molecule has 1 aromatic heterocycles. The summed E-state index contributed by atoms with van der Waals surface area (Å²) in [7, 11) is 0. The Morgan fingerprint density at radius 3 is 2.81 bits per heavy atom. The number of hydrogen-bond donors (Lipinski definition) is 2. The minimum absolute atomic E-state index is 0.257. The first-order chi connectivity index (χ1) is 7.63. The molecule has 16 heavy (non-hydrogen) atoms. The van der Waals surface area contributed by atoms with Gasteiger partial charge in [0.2, 0.25) is 0 Å². The molecule has 0 bridgehead atoms. The van der Waals surface area contributed by atoms with Crippen LogP contribution in [0.5, 0.6) is 0 Å². The molecule has 0 aromatic carbocycles. The van der Waals surface area contributed by atoms with E-state index >= 15 is 0 Å². The number of rotatable bonds is 3. The summed E-state index contributed by atoms with van der Waals surface area (Å²) in [6.45, 7) is 5.49. The minimum Gasteiger partial charge on any atom is -0.344 e. The van der Waals surface area contributed by atoms with Gasteiger partial charge in [-0.3, -0.25) is 9.59 Å². The van der Waals surface area contributed by atoms with Crippen molar-refractivity contribution in [1.29, 1.82) is 0 Å². The highest BCUT2D eigenvalue weighted by Crippen LogP contribution is 2.03. The van der Waals surface area contributed by atoms with Crippen LogP contribution in [0.3, 0.4) is 0 Å². The number of anilines is 1. The first-order valence-corrected chi connectivity index (χ1v) is 4.77. The van der Waals surface area contributed by atoms with Crippen LogP contribution in [0.25, 0.3) is 0 Å². The van der Waals surface area contributed by atoms with E-state index in [1.165, 1.54) is 6.08 Å². The molecular formula is C11H13N3O2. The molecule has 0 spiro atoms. The zero-order valence-corrected chi connectivity index (χ0v) is 8.99. The number of carbonyl (C=O) groups excluding carboxylic acids is 2. The monoisotopic (exact) mass is 219 g/mol. The zero-order chi connectivity index (χ0) is 12.0. The van der Waals surface area contributed by atoms with Crippen molar-refractivity contribution in [2.24, 2.45) is 0 Å². The van der Waals surface area contributed by atoms with E-state index in [4.69, 9.17) is 0 Å². The van der Waals surface area contributed by atoms with Crippen LogP contribution in [0.2, 0.25) is 0 Å². The quantitative estimate of drug-likeness (QED) is 0.578. The van der Waals surface area contributed by atoms with Crippen molar-refractivity contribution >= 4 is 17.6 Å². The number of nitrogens with one attached hydrogen (secondary N) is 2. The van der Waals surface area contributed by atoms with Gasteiger partial charge in [0.15, 0.2) is 0 Å². The van der Waals surface area contributed by atoms with E-state index in [0.29, 0.717) is 5.82 Å². The normalized spacial score (nSPS) is 9.31. The highest BCUT2D eigenvalue weighted by Gasteiger charge is 2.12. The van der Waals surface area contributed by atoms with Gasteiger partial charge in [-0.2, -0.15) is 0 Å². The third-order valence-corrected chi connectivity index (χ3v) is 1.74. The SMILES string of the molecule is C=CCNC(=O)C(=O)Nc1cccc(C)n1. The predicted octanol–water partition coefficient (Wildman–Crippen LogP) is 0.631. The Morgan fingerprint density at radius 2 is 2.19 bits per heavy atom.